The van der Waals surface area contributed by atoms with Gasteiger partial charge in [0.05, 0.1) is 23.3 Å². The van der Waals surface area contributed by atoms with Gasteiger partial charge in [-0.25, -0.2) is 0 Å². The van der Waals surface area contributed by atoms with Gasteiger partial charge in [-0.3, -0.25) is 9.59 Å². The largest absolute Gasteiger partial charge is 0.289 e. The summed E-state index contributed by atoms with van der Waals surface area (Å²) in [5.74, 6) is -0.359. The minimum absolute atomic E-state index is 0.179. The fraction of sp³-hybridized carbons (Fsp3) is 0. The molecule has 0 aliphatic carbocycles. The van der Waals surface area contributed by atoms with Gasteiger partial charge in [-0.2, -0.15) is 10.5 Å². The molecule has 0 saturated carbocycles. The predicted molar refractivity (Wildman–Crippen MR) is 115 cm³/mol. The molecule has 0 bridgehead atoms. The summed E-state index contributed by atoms with van der Waals surface area (Å²) in [6.45, 7) is 0. The van der Waals surface area contributed by atoms with E-state index in [1.54, 1.807) is 60.7 Å². The second-order valence-electron chi connectivity index (χ2n) is 6.45. The van der Waals surface area contributed by atoms with E-state index in [2.05, 4.69) is 0 Å². The van der Waals surface area contributed by atoms with Gasteiger partial charge in [-0.1, -0.05) is 60.7 Å². The molecule has 0 unspecified atom stereocenters. The summed E-state index contributed by atoms with van der Waals surface area (Å²) in [7, 11) is 0. The Kier molecular flexibility index (Phi) is 6.46. The Bertz CT molecular complexity index is 1140. The average molecular weight is 388 g/mol. The van der Waals surface area contributed by atoms with E-state index >= 15 is 0 Å². The second-order valence-corrected chi connectivity index (χ2v) is 6.45. The number of nitriles is 2. The first-order valence-electron chi connectivity index (χ1n) is 9.14. The van der Waals surface area contributed by atoms with Crippen LogP contribution in [0.5, 0.6) is 0 Å². The van der Waals surface area contributed by atoms with E-state index in [9.17, 15) is 9.59 Å². The Labute approximate surface area is 174 Å². The molecule has 3 aromatic rings. The Morgan fingerprint density at radius 3 is 1.40 bits per heavy atom. The van der Waals surface area contributed by atoms with E-state index in [0.717, 1.165) is 11.1 Å². The van der Waals surface area contributed by atoms with Crippen LogP contribution in [-0.4, -0.2) is 11.6 Å². The van der Waals surface area contributed by atoms with E-state index in [0.29, 0.717) is 22.3 Å². The Balaban J connectivity index is 1.66. The summed E-state index contributed by atoms with van der Waals surface area (Å²) in [4.78, 5) is 24.5. The Morgan fingerprint density at radius 2 is 1.03 bits per heavy atom. The van der Waals surface area contributed by atoms with Crippen molar-refractivity contribution in [2.75, 3.05) is 0 Å². The van der Waals surface area contributed by atoms with Gasteiger partial charge in [0.1, 0.15) is 0 Å². The third-order valence-electron chi connectivity index (χ3n) is 4.34. The van der Waals surface area contributed by atoms with E-state index in [-0.39, 0.29) is 11.6 Å². The van der Waals surface area contributed by atoms with Crippen LogP contribution >= 0.6 is 0 Å². The smallest absolute Gasteiger partial charge is 0.185 e. The van der Waals surface area contributed by atoms with E-state index in [1.807, 2.05) is 36.4 Å². The monoisotopic (exact) mass is 388 g/mol. The maximum Gasteiger partial charge on any atom is 0.185 e. The maximum atomic E-state index is 12.2. The highest BCUT2D eigenvalue weighted by molar-refractivity contribution is 6.07. The summed E-state index contributed by atoms with van der Waals surface area (Å²) in [5, 5.41) is 17.9. The van der Waals surface area contributed by atoms with Gasteiger partial charge in [0.2, 0.25) is 0 Å². The van der Waals surface area contributed by atoms with Gasteiger partial charge in [0.25, 0.3) is 0 Å². The van der Waals surface area contributed by atoms with Crippen molar-refractivity contribution < 1.29 is 9.59 Å². The fourth-order valence-corrected chi connectivity index (χ4v) is 2.74. The van der Waals surface area contributed by atoms with Crippen LogP contribution in [0.2, 0.25) is 0 Å². The molecule has 3 aromatic carbocycles. The SMILES string of the molecule is N#Cc1cccc(C(=O)/C=C\c2ccc(/C=C\C(=O)c3cccc(C#N)c3)cc2)c1. The van der Waals surface area contributed by atoms with Crippen molar-refractivity contribution in [2.24, 2.45) is 0 Å². The summed E-state index contributed by atoms with van der Waals surface area (Å²) in [6.07, 6.45) is 6.33. The zero-order chi connectivity index (χ0) is 21.3. The van der Waals surface area contributed by atoms with Crippen LogP contribution in [0.3, 0.4) is 0 Å². The quantitative estimate of drug-likeness (QED) is 0.428. The van der Waals surface area contributed by atoms with Crippen molar-refractivity contribution in [3.8, 4) is 12.1 Å². The molecule has 30 heavy (non-hydrogen) atoms. The predicted octanol–water partition coefficient (Wildman–Crippen LogP) is 5.22. The summed E-state index contributed by atoms with van der Waals surface area (Å²) >= 11 is 0. The molecule has 3 rings (SSSR count). The van der Waals surface area contributed by atoms with Crippen LogP contribution in [-0.2, 0) is 0 Å². The number of rotatable bonds is 6. The standard InChI is InChI=1S/C26H16N2O2/c27-17-21-3-1-5-23(15-21)25(29)13-11-19-7-9-20(10-8-19)12-14-26(30)24-6-2-4-22(16-24)18-28/h1-16H/b13-11-,14-12-. The average Bonchev–Trinajstić information content (AvgIpc) is 2.81. The molecule has 142 valence electrons. The number of carbonyl (C=O) groups excluding carboxylic acids is 2. The van der Waals surface area contributed by atoms with Crippen molar-refractivity contribution in [1.82, 2.24) is 0 Å². The number of hydrogen-bond acceptors (Lipinski definition) is 4. The molecule has 0 saturated heterocycles. The molecule has 0 fully saturated rings. The molecular weight excluding hydrogens is 372 g/mol. The number of hydrogen-bond donors (Lipinski definition) is 0. The molecular formula is C26H16N2O2. The third kappa shape index (κ3) is 5.25. The van der Waals surface area contributed by atoms with Crippen molar-refractivity contribution in [2.45, 2.75) is 0 Å². The second kappa shape index (κ2) is 9.59. The lowest BCUT2D eigenvalue weighted by atomic mass is 10.0. The number of allylic oxidation sites excluding steroid dienone is 2. The van der Waals surface area contributed by atoms with Gasteiger partial charge in [0.15, 0.2) is 11.6 Å². The Hall–Kier alpha value is -4.54. The highest BCUT2D eigenvalue weighted by atomic mass is 16.1. The molecule has 0 aromatic heterocycles. The van der Waals surface area contributed by atoms with Gasteiger partial charge in [0, 0.05) is 11.1 Å². The number of carbonyl (C=O) groups is 2. The first-order valence-corrected chi connectivity index (χ1v) is 9.14. The van der Waals surface area contributed by atoms with Gasteiger partial charge in [-0.15, -0.1) is 0 Å². The lowest BCUT2D eigenvalue weighted by Crippen LogP contribution is -1.94. The molecule has 0 aliphatic rings. The van der Waals surface area contributed by atoms with Gasteiger partial charge >= 0.3 is 0 Å². The highest BCUT2D eigenvalue weighted by Crippen LogP contribution is 2.12. The summed E-state index contributed by atoms with van der Waals surface area (Å²) in [6, 6.07) is 24.5. The van der Waals surface area contributed by atoms with Crippen LogP contribution in [0.15, 0.2) is 84.9 Å². The normalized spacial score (nSPS) is 10.6. The van der Waals surface area contributed by atoms with Gasteiger partial charge in [-0.05, 0) is 47.5 Å². The molecule has 0 atom stereocenters. The molecule has 4 nitrogen and oxygen atoms in total. The molecule has 0 radical (unpaired) electrons. The number of ketones is 2. The van der Waals surface area contributed by atoms with Gasteiger partial charge < -0.3 is 0 Å². The minimum atomic E-state index is -0.179. The third-order valence-corrected chi connectivity index (χ3v) is 4.34. The van der Waals surface area contributed by atoms with Crippen LogP contribution in [0, 0.1) is 22.7 Å². The van der Waals surface area contributed by atoms with Crippen LogP contribution in [0.4, 0.5) is 0 Å². The fourth-order valence-electron chi connectivity index (χ4n) is 2.74. The van der Waals surface area contributed by atoms with Crippen molar-refractivity contribution in [3.63, 3.8) is 0 Å². The molecule has 0 amide bonds. The molecule has 0 aliphatic heterocycles. The minimum Gasteiger partial charge on any atom is -0.289 e. The first-order chi connectivity index (χ1) is 14.6. The van der Waals surface area contributed by atoms with E-state index in [4.69, 9.17) is 10.5 Å². The lowest BCUT2D eigenvalue weighted by molar-refractivity contribution is 0.103. The van der Waals surface area contributed by atoms with Crippen LogP contribution < -0.4 is 0 Å². The van der Waals surface area contributed by atoms with Crippen LogP contribution in [0.25, 0.3) is 12.2 Å². The van der Waals surface area contributed by atoms with E-state index < -0.39 is 0 Å². The molecule has 4 heteroatoms. The Morgan fingerprint density at radius 1 is 0.633 bits per heavy atom. The molecule has 0 spiro atoms. The maximum absolute atomic E-state index is 12.2. The highest BCUT2D eigenvalue weighted by Gasteiger charge is 2.04. The topological polar surface area (TPSA) is 81.7 Å². The van der Waals surface area contributed by atoms with Crippen molar-refractivity contribution in [3.05, 3.63) is 118 Å². The summed E-state index contributed by atoms with van der Waals surface area (Å²) in [5.41, 5.74) is 3.49. The number of nitrogens with zero attached hydrogens (tertiary/aromatic N) is 2. The number of benzene rings is 3. The van der Waals surface area contributed by atoms with Crippen molar-refractivity contribution >= 4 is 23.7 Å². The lowest BCUT2D eigenvalue weighted by Gasteiger charge is -1.99. The zero-order valence-corrected chi connectivity index (χ0v) is 15.9. The molecule has 0 heterocycles. The first kappa shape index (κ1) is 20.2. The van der Waals surface area contributed by atoms with Crippen molar-refractivity contribution in [1.29, 1.82) is 10.5 Å². The van der Waals surface area contributed by atoms with Crippen LogP contribution in [0.1, 0.15) is 43.0 Å². The van der Waals surface area contributed by atoms with E-state index in [1.165, 1.54) is 12.2 Å². The molecule has 0 N–H and O–H groups in total. The summed E-state index contributed by atoms with van der Waals surface area (Å²) < 4.78 is 0. The zero-order valence-electron chi connectivity index (χ0n) is 15.9.